The van der Waals surface area contributed by atoms with Crippen molar-refractivity contribution in [3.63, 3.8) is 0 Å². The van der Waals surface area contributed by atoms with E-state index in [2.05, 4.69) is 19.2 Å². The van der Waals surface area contributed by atoms with Crippen LogP contribution < -0.4 is 5.32 Å². The Hall–Kier alpha value is 0.0400. The van der Waals surface area contributed by atoms with Gasteiger partial charge in [-0.2, -0.15) is 13.2 Å². The van der Waals surface area contributed by atoms with E-state index in [0.717, 1.165) is 12.8 Å². The Morgan fingerprint density at radius 1 is 1.12 bits per heavy atom. The molecule has 0 saturated carbocycles. The highest BCUT2D eigenvalue weighted by Gasteiger charge is 2.27. The Bertz CT molecular complexity index is 170. The van der Waals surface area contributed by atoms with Gasteiger partial charge in [0, 0.05) is 18.8 Å². The fourth-order valence-corrected chi connectivity index (χ4v) is 1.98. The van der Waals surface area contributed by atoms with Crippen LogP contribution in [0, 0.1) is 5.41 Å². The monoisotopic (exact) mass is 259 g/mol. The van der Waals surface area contributed by atoms with Gasteiger partial charge in [0.15, 0.2) is 0 Å². The Labute approximate surface area is 101 Å². The van der Waals surface area contributed by atoms with Crippen LogP contribution in [0.5, 0.6) is 0 Å². The summed E-state index contributed by atoms with van der Waals surface area (Å²) in [4.78, 5) is 0. The maximum Gasteiger partial charge on any atom is 0.389 e. The maximum absolute atomic E-state index is 11.9. The molecule has 0 rings (SSSR count). The molecule has 0 aliphatic heterocycles. The molecule has 98 valence electrons. The summed E-state index contributed by atoms with van der Waals surface area (Å²) in [7, 11) is 0. The van der Waals surface area contributed by atoms with Crippen molar-refractivity contribution in [2.24, 2.45) is 5.41 Å². The largest absolute Gasteiger partial charge is 0.389 e. The Kier molecular flexibility index (Phi) is 7.40. The molecule has 5 heteroatoms. The standard InChI is InChI=1S/C11H21ClF3N/c1-3-10(4-2,8-12)9-16-7-5-6-11(13,14)15/h16H,3-9H2,1-2H3. The normalized spacial score (nSPS) is 13.1. The van der Waals surface area contributed by atoms with Crippen LogP contribution in [0.25, 0.3) is 0 Å². The van der Waals surface area contributed by atoms with Gasteiger partial charge in [0.25, 0.3) is 0 Å². The predicted molar refractivity (Wildman–Crippen MR) is 61.9 cm³/mol. The van der Waals surface area contributed by atoms with Crippen LogP contribution in [0.3, 0.4) is 0 Å². The minimum atomic E-state index is -4.04. The summed E-state index contributed by atoms with van der Waals surface area (Å²) in [5.74, 6) is 0.548. The number of hydrogen-bond donors (Lipinski definition) is 1. The molecule has 0 unspecified atom stereocenters. The Morgan fingerprint density at radius 2 is 1.69 bits per heavy atom. The third kappa shape index (κ3) is 6.59. The van der Waals surface area contributed by atoms with Gasteiger partial charge in [0.05, 0.1) is 0 Å². The predicted octanol–water partition coefficient (Wildman–Crippen LogP) is 3.96. The lowest BCUT2D eigenvalue weighted by molar-refractivity contribution is -0.135. The molecule has 0 amide bonds. The lowest BCUT2D eigenvalue weighted by atomic mass is 9.84. The summed E-state index contributed by atoms with van der Waals surface area (Å²) in [6, 6.07) is 0. The lowest BCUT2D eigenvalue weighted by Gasteiger charge is -2.29. The van der Waals surface area contributed by atoms with Crippen molar-refractivity contribution in [2.45, 2.75) is 45.7 Å². The number of halogens is 4. The van der Waals surface area contributed by atoms with Crippen molar-refractivity contribution in [2.75, 3.05) is 19.0 Å². The molecule has 0 fully saturated rings. The number of alkyl halides is 4. The Balaban J connectivity index is 3.71. The molecular formula is C11H21ClF3N. The van der Waals surface area contributed by atoms with E-state index in [0.29, 0.717) is 19.0 Å². The SMILES string of the molecule is CCC(CC)(CCl)CNCCCC(F)(F)F. The van der Waals surface area contributed by atoms with Crippen LogP contribution >= 0.6 is 11.6 Å². The average molecular weight is 260 g/mol. The highest BCUT2D eigenvalue weighted by molar-refractivity contribution is 6.18. The first-order valence-corrected chi connectivity index (χ1v) is 6.26. The molecule has 0 radical (unpaired) electrons. The molecule has 0 bridgehead atoms. The minimum absolute atomic E-state index is 0.0276. The van der Waals surface area contributed by atoms with Crippen molar-refractivity contribution < 1.29 is 13.2 Å². The summed E-state index contributed by atoms with van der Waals surface area (Å²) in [6.45, 7) is 5.21. The quantitative estimate of drug-likeness (QED) is 0.514. The third-order valence-electron chi connectivity index (χ3n) is 3.10. The summed E-state index contributed by atoms with van der Waals surface area (Å²) >= 11 is 5.89. The van der Waals surface area contributed by atoms with Gasteiger partial charge in [-0.1, -0.05) is 13.8 Å². The fourth-order valence-electron chi connectivity index (χ4n) is 1.50. The number of nitrogens with one attached hydrogen (secondary N) is 1. The second kappa shape index (κ2) is 7.38. The zero-order chi connectivity index (χ0) is 12.7. The molecule has 0 saturated heterocycles. The van der Waals surface area contributed by atoms with E-state index in [9.17, 15) is 13.2 Å². The summed E-state index contributed by atoms with van der Waals surface area (Å²) in [6.07, 6.45) is -2.74. The van der Waals surface area contributed by atoms with Gasteiger partial charge >= 0.3 is 6.18 Å². The third-order valence-corrected chi connectivity index (χ3v) is 3.66. The average Bonchev–Trinajstić information content (AvgIpc) is 2.23. The van der Waals surface area contributed by atoms with E-state index < -0.39 is 12.6 Å². The van der Waals surface area contributed by atoms with E-state index in [-0.39, 0.29) is 11.8 Å². The van der Waals surface area contributed by atoms with Crippen LogP contribution in [0.15, 0.2) is 0 Å². The molecule has 0 heterocycles. The summed E-state index contributed by atoms with van der Waals surface area (Å²) in [5, 5.41) is 3.07. The van der Waals surface area contributed by atoms with Crippen LogP contribution in [0.1, 0.15) is 39.5 Å². The molecule has 0 aliphatic carbocycles. The van der Waals surface area contributed by atoms with Crippen LogP contribution in [-0.4, -0.2) is 25.1 Å². The maximum atomic E-state index is 11.9. The van der Waals surface area contributed by atoms with E-state index in [4.69, 9.17) is 11.6 Å². The van der Waals surface area contributed by atoms with Crippen molar-refractivity contribution in [3.8, 4) is 0 Å². The van der Waals surface area contributed by atoms with Gasteiger partial charge in [-0.05, 0) is 31.2 Å². The second-order valence-electron chi connectivity index (χ2n) is 4.24. The molecule has 16 heavy (non-hydrogen) atoms. The minimum Gasteiger partial charge on any atom is -0.316 e. The van der Waals surface area contributed by atoms with Crippen molar-refractivity contribution in [1.29, 1.82) is 0 Å². The van der Waals surface area contributed by atoms with Crippen molar-refractivity contribution in [1.82, 2.24) is 5.32 Å². The first-order valence-electron chi connectivity index (χ1n) is 5.72. The van der Waals surface area contributed by atoms with Crippen LogP contribution in [0.4, 0.5) is 13.2 Å². The van der Waals surface area contributed by atoms with Gasteiger partial charge in [-0.25, -0.2) is 0 Å². The van der Waals surface area contributed by atoms with Gasteiger partial charge in [0.1, 0.15) is 0 Å². The topological polar surface area (TPSA) is 12.0 Å². The highest BCUT2D eigenvalue weighted by atomic mass is 35.5. The van der Waals surface area contributed by atoms with Crippen LogP contribution in [-0.2, 0) is 0 Å². The number of hydrogen-bond acceptors (Lipinski definition) is 1. The lowest BCUT2D eigenvalue weighted by Crippen LogP contribution is -2.35. The van der Waals surface area contributed by atoms with Gasteiger partial charge in [0.2, 0.25) is 0 Å². The molecule has 0 aromatic rings. The summed E-state index contributed by atoms with van der Waals surface area (Å²) < 4.78 is 35.6. The van der Waals surface area contributed by atoms with E-state index in [1.807, 2.05) is 0 Å². The van der Waals surface area contributed by atoms with Crippen molar-refractivity contribution >= 4 is 11.6 Å². The molecule has 0 aliphatic rings. The Morgan fingerprint density at radius 3 is 2.06 bits per heavy atom. The first kappa shape index (κ1) is 16.0. The first-order chi connectivity index (χ1) is 7.39. The highest BCUT2D eigenvalue weighted by Crippen LogP contribution is 2.27. The van der Waals surface area contributed by atoms with Gasteiger partial charge in [-0.15, -0.1) is 11.6 Å². The molecule has 0 spiro atoms. The second-order valence-corrected chi connectivity index (χ2v) is 4.50. The van der Waals surface area contributed by atoms with E-state index in [1.165, 1.54) is 0 Å². The molecule has 1 nitrogen and oxygen atoms in total. The van der Waals surface area contributed by atoms with E-state index in [1.54, 1.807) is 0 Å². The van der Waals surface area contributed by atoms with E-state index >= 15 is 0 Å². The fraction of sp³-hybridized carbons (Fsp3) is 1.00. The van der Waals surface area contributed by atoms with Gasteiger partial charge in [-0.3, -0.25) is 0 Å². The number of rotatable bonds is 8. The smallest absolute Gasteiger partial charge is 0.316 e. The zero-order valence-electron chi connectivity index (χ0n) is 9.96. The molecule has 0 atom stereocenters. The molecule has 1 N–H and O–H groups in total. The molecule has 0 aromatic heterocycles. The van der Waals surface area contributed by atoms with Crippen LogP contribution in [0.2, 0.25) is 0 Å². The molecule has 0 aromatic carbocycles. The van der Waals surface area contributed by atoms with Gasteiger partial charge < -0.3 is 5.32 Å². The zero-order valence-corrected chi connectivity index (χ0v) is 10.7. The molecular weight excluding hydrogens is 239 g/mol. The van der Waals surface area contributed by atoms with Crippen molar-refractivity contribution in [3.05, 3.63) is 0 Å². The summed E-state index contributed by atoms with van der Waals surface area (Å²) in [5.41, 5.74) is 0.0276.